The first-order valence-corrected chi connectivity index (χ1v) is 9.22. The summed E-state index contributed by atoms with van der Waals surface area (Å²) in [4.78, 5) is 14.6. The van der Waals surface area contributed by atoms with Gasteiger partial charge in [0, 0.05) is 42.3 Å². The Balaban J connectivity index is 1.39. The highest BCUT2D eigenvalue weighted by Crippen LogP contribution is 2.23. The molecule has 0 aliphatic carbocycles. The maximum Gasteiger partial charge on any atom is 0.248 e. The Kier molecular flexibility index (Phi) is 5.01. The molecule has 0 atom stereocenters. The molecule has 1 saturated heterocycles. The van der Waals surface area contributed by atoms with E-state index in [1.54, 1.807) is 17.0 Å². The number of carbonyl (C=O) groups is 1. The molecule has 1 N–H and O–H groups in total. The van der Waals surface area contributed by atoms with Crippen molar-refractivity contribution in [3.05, 3.63) is 78.6 Å². The van der Waals surface area contributed by atoms with Gasteiger partial charge in [-0.1, -0.05) is 24.3 Å². The van der Waals surface area contributed by atoms with E-state index in [0.29, 0.717) is 0 Å². The van der Waals surface area contributed by atoms with Crippen molar-refractivity contribution in [1.82, 2.24) is 9.78 Å². The number of anilines is 2. The van der Waals surface area contributed by atoms with Gasteiger partial charge in [-0.25, -0.2) is 4.68 Å². The van der Waals surface area contributed by atoms with Crippen LogP contribution < -0.4 is 10.2 Å². The number of hydrogen-bond acceptors (Lipinski definition) is 3. The van der Waals surface area contributed by atoms with E-state index >= 15 is 0 Å². The lowest BCUT2D eigenvalue weighted by molar-refractivity contribution is -0.111. The van der Waals surface area contributed by atoms with Crippen molar-refractivity contribution in [2.24, 2.45) is 0 Å². The van der Waals surface area contributed by atoms with Crippen LogP contribution in [0.25, 0.3) is 11.8 Å². The lowest BCUT2D eigenvalue weighted by Gasteiger charge is -2.18. The Morgan fingerprint density at radius 3 is 2.59 bits per heavy atom. The molecule has 5 heteroatoms. The predicted molar refractivity (Wildman–Crippen MR) is 109 cm³/mol. The highest BCUT2D eigenvalue weighted by Gasteiger charge is 2.12. The highest BCUT2D eigenvalue weighted by atomic mass is 16.1. The van der Waals surface area contributed by atoms with Crippen molar-refractivity contribution in [3.63, 3.8) is 0 Å². The van der Waals surface area contributed by atoms with Crippen LogP contribution >= 0.6 is 0 Å². The van der Waals surface area contributed by atoms with Crippen LogP contribution in [0, 0.1) is 0 Å². The zero-order valence-corrected chi connectivity index (χ0v) is 15.1. The number of hydrogen-bond donors (Lipinski definition) is 1. The Morgan fingerprint density at radius 1 is 1.00 bits per heavy atom. The molecule has 5 nitrogen and oxygen atoms in total. The molecular weight excluding hydrogens is 336 g/mol. The summed E-state index contributed by atoms with van der Waals surface area (Å²) in [7, 11) is 0. The number of nitrogens with zero attached hydrogens (tertiary/aromatic N) is 3. The van der Waals surface area contributed by atoms with Crippen LogP contribution in [0.3, 0.4) is 0 Å². The van der Waals surface area contributed by atoms with Gasteiger partial charge in [0.25, 0.3) is 0 Å². The van der Waals surface area contributed by atoms with Gasteiger partial charge in [0.2, 0.25) is 5.91 Å². The summed E-state index contributed by atoms with van der Waals surface area (Å²) in [6.07, 6.45) is 9.41. The molecule has 0 spiro atoms. The number of nitrogens with one attached hydrogen (secondary N) is 1. The van der Waals surface area contributed by atoms with Crippen molar-refractivity contribution in [3.8, 4) is 5.69 Å². The van der Waals surface area contributed by atoms with Crippen molar-refractivity contribution >= 4 is 23.4 Å². The highest BCUT2D eigenvalue weighted by molar-refractivity contribution is 6.02. The van der Waals surface area contributed by atoms with E-state index in [4.69, 9.17) is 0 Å². The van der Waals surface area contributed by atoms with Gasteiger partial charge < -0.3 is 10.2 Å². The molecule has 1 aromatic heterocycles. The van der Waals surface area contributed by atoms with Crippen LogP contribution in [-0.4, -0.2) is 28.8 Å². The second-order valence-electron chi connectivity index (χ2n) is 6.62. The van der Waals surface area contributed by atoms with Crippen molar-refractivity contribution < 1.29 is 4.79 Å². The van der Waals surface area contributed by atoms with Crippen LogP contribution in [-0.2, 0) is 4.79 Å². The van der Waals surface area contributed by atoms with Crippen LogP contribution in [0.5, 0.6) is 0 Å². The summed E-state index contributed by atoms with van der Waals surface area (Å²) >= 11 is 0. The molecule has 0 radical (unpaired) electrons. The summed E-state index contributed by atoms with van der Waals surface area (Å²) < 4.78 is 1.79. The quantitative estimate of drug-likeness (QED) is 0.698. The fourth-order valence-electron chi connectivity index (χ4n) is 3.26. The largest absolute Gasteiger partial charge is 0.371 e. The number of rotatable bonds is 5. The molecular formula is C22H22N4O. The molecule has 27 heavy (non-hydrogen) atoms. The maximum atomic E-state index is 12.3. The summed E-state index contributed by atoms with van der Waals surface area (Å²) in [6, 6.07) is 17.9. The molecule has 1 aliphatic rings. The molecule has 1 amide bonds. The van der Waals surface area contributed by atoms with Gasteiger partial charge in [-0.15, -0.1) is 0 Å². The SMILES string of the molecule is O=C(C=Cc1cnn(-c2ccccc2)c1)Nc1cccc(N2CCCC2)c1. The predicted octanol–water partition coefficient (Wildman–Crippen LogP) is 4.12. The third kappa shape index (κ3) is 4.26. The lowest BCUT2D eigenvalue weighted by Crippen LogP contribution is -2.17. The van der Waals surface area contributed by atoms with Gasteiger partial charge in [-0.05, 0) is 49.2 Å². The number of amides is 1. The van der Waals surface area contributed by atoms with Crippen LogP contribution in [0.2, 0.25) is 0 Å². The topological polar surface area (TPSA) is 50.2 Å². The average Bonchev–Trinajstić information content (AvgIpc) is 3.40. The number of aromatic nitrogens is 2. The van der Waals surface area contributed by atoms with Gasteiger partial charge in [0.15, 0.2) is 0 Å². The Labute approximate surface area is 158 Å². The van der Waals surface area contributed by atoms with Crippen molar-refractivity contribution in [2.45, 2.75) is 12.8 Å². The smallest absolute Gasteiger partial charge is 0.248 e. The van der Waals surface area contributed by atoms with E-state index in [9.17, 15) is 4.79 Å². The molecule has 136 valence electrons. The van der Waals surface area contributed by atoms with Gasteiger partial charge in [-0.3, -0.25) is 4.79 Å². The van der Waals surface area contributed by atoms with E-state index in [1.165, 1.54) is 24.6 Å². The fourth-order valence-corrected chi connectivity index (χ4v) is 3.26. The van der Waals surface area contributed by atoms with Gasteiger partial charge in [-0.2, -0.15) is 5.10 Å². The minimum Gasteiger partial charge on any atom is -0.371 e. The van der Waals surface area contributed by atoms with Crippen LogP contribution in [0.15, 0.2) is 73.1 Å². The standard InChI is InChI=1S/C22H22N4O/c27-22(24-19-7-6-10-21(15-19)25-13-4-5-14-25)12-11-18-16-23-26(17-18)20-8-2-1-3-9-20/h1-3,6-12,15-17H,4-5,13-14H2,(H,24,27). The second-order valence-corrected chi connectivity index (χ2v) is 6.62. The van der Waals surface area contributed by atoms with Gasteiger partial charge in [0.1, 0.15) is 0 Å². The van der Waals surface area contributed by atoms with Crippen molar-refractivity contribution in [2.75, 3.05) is 23.3 Å². The number of benzene rings is 2. The summed E-state index contributed by atoms with van der Waals surface area (Å²) in [5.41, 5.74) is 3.84. The molecule has 0 bridgehead atoms. The first-order chi connectivity index (χ1) is 13.3. The number of carbonyl (C=O) groups excluding carboxylic acids is 1. The van der Waals surface area contributed by atoms with Gasteiger partial charge in [0.05, 0.1) is 11.9 Å². The summed E-state index contributed by atoms with van der Waals surface area (Å²) in [5.74, 6) is -0.152. The first kappa shape index (κ1) is 17.1. The molecule has 0 saturated carbocycles. The molecule has 3 aromatic rings. The van der Waals surface area contributed by atoms with Crippen molar-refractivity contribution in [1.29, 1.82) is 0 Å². The zero-order valence-electron chi connectivity index (χ0n) is 15.1. The molecule has 0 unspecified atom stereocenters. The van der Waals surface area contributed by atoms with E-state index in [1.807, 2.05) is 54.7 Å². The fraction of sp³-hybridized carbons (Fsp3) is 0.182. The normalized spacial score (nSPS) is 14.0. The Bertz CT molecular complexity index is 940. The molecule has 2 aromatic carbocycles. The lowest BCUT2D eigenvalue weighted by atomic mass is 10.2. The first-order valence-electron chi connectivity index (χ1n) is 9.22. The number of para-hydroxylation sites is 1. The minimum atomic E-state index is -0.152. The third-order valence-electron chi connectivity index (χ3n) is 4.64. The van der Waals surface area contributed by atoms with E-state index in [0.717, 1.165) is 30.0 Å². The summed E-state index contributed by atoms with van der Waals surface area (Å²) in [5, 5.41) is 7.27. The minimum absolute atomic E-state index is 0.152. The van der Waals surface area contributed by atoms with E-state index in [2.05, 4.69) is 21.4 Å². The molecule has 1 aliphatic heterocycles. The van der Waals surface area contributed by atoms with Crippen LogP contribution in [0.4, 0.5) is 11.4 Å². The van der Waals surface area contributed by atoms with Crippen LogP contribution in [0.1, 0.15) is 18.4 Å². The monoisotopic (exact) mass is 358 g/mol. The zero-order chi connectivity index (χ0) is 18.5. The average molecular weight is 358 g/mol. The Morgan fingerprint density at radius 2 is 1.78 bits per heavy atom. The Hall–Kier alpha value is -3.34. The molecule has 1 fully saturated rings. The van der Waals surface area contributed by atoms with E-state index < -0.39 is 0 Å². The van der Waals surface area contributed by atoms with Gasteiger partial charge >= 0.3 is 0 Å². The third-order valence-corrected chi connectivity index (χ3v) is 4.64. The molecule has 4 rings (SSSR count). The second kappa shape index (κ2) is 7.91. The molecule has 2 heterocycles. The maximum absolute atomic E-state index is 12.3. The summed E-state index contributed by atoms with van der Waals surface area (Å²) in [6.45, 7) is 2.17. The van der Waals surface area contributed by atoms with E-state index in [-0.39, 0.29) is 5.91 Å².